The van der Waals surface area contributed by atoms with Gasteiger partial charge in [-0.15, -0.1) is 0 Å². The third-order valence-electron chi connectivity index (χ3n) is 2.53. The summed E-state index contributed by atoms with van der Waals surface area (Å²) in [5, 5.41) is 2.22. The van der Waals surface area contributed by atoms with Crippen LogP contribution < -0.4 is 4.72 Å². The van der Waals surface area contributed by atoms with E-state index in [4.69, 9.17) is 0 Å². The lowest BCUT2D eigenvalue weighted by Crippen LogP contribution is -2.15. The maximum absolute atomic E-state index is 12.2. The predicted molar refractivity (Wildman–Crippen MR) is 83.4 cm³/mol. The highest BCUT2D eigenvalue weighted by Crippen LogP contribution is 2.18. The molecule has 1 heterocycles. The summed E-state index contributed by atoms with van der Waals surface area (Å²) >= 11 is 4.49. The normalized spacial score (nSPS) is 10.8. The van der Waals surface area contributed by atoms with Gasteiger partial charge in [0, 0.05) is 11.4 Å². The Morgan fingerprint density at radius 1 is 1.14 bits per heavy atom. The lowest BCUT2D eigenvalue weighted by Gasteiger charge is -2.08. The molecule has 0 radical (unpaired) electrons. The minimum atomic E-state index is -3.74. The average Bonchev–Trinajstić information content (AvgIpc) is 2.38. The summed E-state index contributed by atoms with van der Waals surface area (Å²) in [7, 11) is -3.74. The van der Waals surface area contributed by atoms with Crippen molar-refractivity contribution in [3.8, 4) is 0 Å². The first-order valence-electron chi connectivity index (χ1n) is 5.94. The van der Waals surface area contributed by atoms with E-state index >= 15 is 0 Å². The Kier molecular flexibility index (Phi) is 4.42. The van der Waals surface area contributed by atoms with Gasteiger partial charge in [0.05, 0.1) is 15.7 Å². The summed E-state index contributed by atoms with van der Waals surface area (Å²) in [5.41, 5.74) is 1.91. The van der Waals surface area contributed by atoms with Gasteiger partial charge in [0.1, 0.15) is 0 Å². The van der Waals surface area contributed by atoms with Gasteiger partial charge in [0.25, 0.3) is 10.0 Å². The highest BCUT2D eigenvalue weighted by atomic mass is 32.2. The van der Waals surface area contributed by atoms with Crippen molar-refractivity contribution in [2.24, 2.45) is 4.99 Å². The van der Waals surface area contributed by atoms with Gasteiger partial charge in [0.2, 0.25) is 5.95 Å². The smallest absolute Gasteiger partial charge is 0.247 e. The average molecular weight is 320 g/mol. The van der Waals surface area contributed by atoms with Crippen molar-refractivity contribution < 1.29 is 8.42 Å². The first-order valence-corrected chi connectivity index (χ1v) is 7.83. The molecule has 0 aliphatic carbocycles. The molecule has 8 heteroatoms. The number of thiocarbonyl (C=S) groups is 1. The van der Waals surface area contributed by atoms with Crippen LogP contribution in [0.5, 0.6) is 0 Å². The zero-order valence-electron chi connectivity index (χ0n) is 11.4. The van der Waals surface area contributed by atoms with Crippen LogP contribution in [0.1, 0.15) is 11.4 Å². The van der Waals surface area contributed by atoms with Crippen LogP contribution in [0.3, 0.4) is 0 Å². The summed E-state index contributed by atoms with van der Waals surface area (Å²) in [6.45, 7) is 3.54. The fourth-order valence-electron chi connectivity index (χ4n) is 1.70. The molecule has 1 aromatic heterocycles. The van der Waals surface area contributed by atoms with Crippen molar-refractivity contribution in [3.05, 3.63) is 41.7 Å². The van der Waals surface area contributed by atoms with Gasteiger partial charge in [-0.1, -0.05) is 0 Å². The predicted octanol–water partition coefficient (Wildman–Crippen LogP) is 2.63. The van der Waals surface area contributed by atoms with E-state index < -0.39 is 10.0 Å². The summed E-state index contributed by atoms with van der Waals surface area (Å²) in [6.07, 6.45) is 0. The molecule has 0 amide bonds. The number of aryl methyl sites for hydroxylation is 2. The van der Waals surface area contributed by atoms with Gasteiger partial charge in [-0.3, -0.25) is 0 Å². The molecule has 0 atom stereocenters. The Morgan fingerprint density at radius 3 is 2.24 bits per heavy atom. The maximum Gasteiger partial charge on any atom is 0.264 e. The third-order valence-corrected chi connectivity index (χ3v) is 3.97. The van der Waals surface area contributed by atoms with E-state index in [1.807, 2.05) is 0 Å². The molecule has 0 unspecified atom stereocenters. The van der Waals surface area contributed by atoms with Crippen LogP contribution in [0.15, 0.2) is 40.2 Å². The van der Waals surface area contributed by atoms with Crippen molar-refractivity contribution in [3.63, 3.8) is 0 Å². The van der Waals surface area contributed by atoms with E-state index in [1.54, 1.807) is 19.9 Å². The SMILES string of the molecule is Cc1cc(C)nc(NS(=O)(=O)c2ccc(N=C=S)cc2)n1. The van der Waals surface area contributed by atoms with Crippen LogP contribution in [0.4, 0.5) is 11.6 Å². The van der Waals surface area contributed by atoms with Gasteiger partial charge in [-0.25, -0.2) is 23.1 Å². The standard InChI is InChI=1S/C13H12N4O2S2/c1-9-7-10(2)16-13(15-9)17-21(18,19)12-5-3-11(4-6-12)14-8-20/h3-7H,1-2H3,(H,15,16,17). The number of hydrogen-bond donors (Lipinski definition) is 1. The molecule has 108 valence electrons. The number of anilines is 1. The molecule has 2 aromatic rings. The van der Waals surface area contributed by atoms with Crippen LogP contribution in [0, 0.1) is 13.8 Å². The first kappa shape index (κ1) is 15.2. The summed E-state index contributed by atoms with van der Waals surface area (Å²) in [5.74, 6) is 0.0495. The first-order chi connectivity index (χ1) is 9.90. The molecular weight excluding hydrogens is 308 g/mol. The van der Waals surface area contributed by atoms with Gasteiger partial charge in [0.15, 0.2) is 0 Å². The molecule has 1 aromatic carbocycles. The zero-order chi connectivity index (χ0) is 15.5. The van der Waals surface area contributed by atoms with Gasteiger partial charge in [-0.2, -0.15) is 4.99 Å². The molecule has 1 N–H and O–H groups in total. The minimum absolute atomic E-state index is 0.0495. The fourth-order valence-corrected chi connectivity index (χ4v) is 2.75. The molecule has 0 saturated carbocycles. The molecule has 0 aliphatic rings. The molecular formula is C13H12N4O2S2. The Bertz CT molecular complexity index is 790. The number of aromatic nitrogens is 2. The van der Waals surface area contributed by atoms with Crippen LogP contribution in [-0.4, -0.2) is 23.5 Å². The molecule has 0 saturated heterocycles. The second-order valence-corrected chi connectivity index (χ2v) is 6.14. The Balaban J connectivity index is 2.31. The zero-order valence-corrected chi connectivity index (χ0v) is 13.0. The largest absolute Gasteiger partial charge is 0.264 e. The van der Waals surface area contributed by atoms with Gasteiger partial charge < -0.3 is 0 Å². The quantitative estimate of drug-likeness (QED) is 0.691. The van der Waals surface area contributed by atoms with Crippen LogP contribution in [-0.2, 0) is 10.0 Å². The maximum atomic E-state index is 12.2. The lowest BCUT2D eigenvalue weighted by molar-refractivity contribution is 0.601. The van der Waals surface area contributed by atoms with Crippen molar-refractivity contribution in [1.29, 1.82) is 0 Å². The Hall–Kier alpha value is -2.15. The van der Waals surface area contributed by atoms with Crippen LogP contribution >= 0.6 is 12.2 Å². The van der Waals surface area contributed by atoms with Crippen molar-refractivity contribution in [2.75, 3.05) is 4.72 Å². The van der Waals surface area contributed by atoms with Crippen LogP contribution in [0.2, 0.25) is 0 Å². The third kappa shape index (κ3) is 3.91. The van der Waals surface area contributed by atoms with Crippen molar-refractivity contribution in [2.45, 2.75) is 18.7 Å². The van der Waals surface area contributed by atoms with E-state index in [1.165, 1.54) is 24.3 Å². The number of rotatable bonds is 4. The van der Waals surface area contributed by atoms with E-state index in [0.29, 0.717) is 17.1 Å². The van der Waals surface area contributed by atoms with Gasteiger partial charge >= 0.3 is 0 Å². The number of benzene rings is 1. The molecule has 0 fully saturated rings. The summed E-state index contributed by atoms with van der Waals surface area (Å²) in [4.78, 5) is 11.9. The molecule has 0 bridgehead atoms. The lowest BCUT2D eigenvalue weighted by atomic mass is 10.3. The highest BCUT2D eigenvalue weighted by Gasteiger charge is 2.15. The van der Waals surface area contributed by atoms with Gasteiger partial charge in [-0.05, 0) is 56.4 Å². The number of hydrogen-bond acceptors (Lipinski definition) is 6. The van der Waals surface area contributed by atoms with Crippen LogP contribution in [0.25, 0.3) is 0 Å². The van der Waals surface area contributed by atoms with E-state index in [2.05, 4.69) is 37.1 Å². The minimum Gasteiger partial charge on any atom is -0.247 e. The fraction of sp³-hybridized carbons (Fsp3) is 0.154. The Labute approximate surface area is 128 Å². The second-order valence-electron chi connectivity index (χ2n) is 4.28. The second kappa shape index (κ2) is 6.09. The molecule has 6 nitrogen and oxygen atoms in total. The summed E-state index contributed by atoms with van der Waals surface area (Å²) in [6, 6.07) is 7.69. The topological polar surface area (TPSA) is 84.3 Å². The molecule has 0 spiro atoms. The molecule has 21 heavy (non-hydrogen) atoms. The number of sulfonamides is 1. The molecule has 0 aliphatic heterocycles. The number of aliphatic imine (C=N–C) groups is 1. The van der Waals surface area contributed by atoms with Crippen molar-refractivity contribution >= 4 is 39.0 Å². The monoisotopic (exact) mass is 320 g/mol. The Morgan fingerprint density at radius 2 is 1.71 bits per heavy atom. The summed E-state index contributed by atoms with van der Waals surface area (Å²) < 4.78 is 26.8. The number of nitrogens with zero attached hydrogens (tertiary/aromatic N) is 3. The van der Waals surface area contributed by atoms with E-state index in [0.717, 1.165) is 0 Å². The number of isothiocyanates is 1. The molecule has 2 rings (SSSR count). The van der Waals surface area contributed by atoms with E-state index in [9.17, 15) is 8.42 Å². The van der Waals surface area contributed by atoms with Crippen molar-refractivity contribution in [1.82, 2.24) is 9.97 Å². The van der Waals surface area contributed by atoms with E-state index in [-0.39, 0.29) is 10.8 Å². The number of nitrogens with one attached hydrogen (secondary N) is 1. The highest BCUT2D eigenvalue weighted by molar-refractivity contribution is 7.92.